The molecule has 0 aliphatic rings. The van der Waals surface area contributed by atoms with Gasteiger partial charge in [0, 0.05) is 5.56 Å². The highest BCUT2D eigenvalue weighted by atomic mass is 32.2. The number of aryl methyl sites for hydroxylation is 1. The van der Waals surface area contributed by atoms with Crippen LogP contribution < -0.4 is 0 Å². The van der Waals surface area contributed by atoms with E-state index < -0.39 is 39.9 Å². The van der Waals surface area contributed by atoms with Crippen molar-refractivity contribution in [1.82, 2.24) is 9.78 Å². The molecule has 0 amide bonds. The molecule has 0 aliphatic heterocycles. The predicted molar refractivity (Wildman–Crippen MR) is 97.8 cm³/mol. The van der Waals surface area contributed by atoms with Gasteiger partial charge in [0.15, 0.2) is 15.5 Å². The van der Waals surface area contributed by atoms with Crippen molar-refractivity contribution in [3.8, 4) is 16.9 Å². The van der Waals surface area contributed by atoms with Gasteiger partial charge in [0.05, 0.1) is 28.6 Å². The molecule has 1 N–H and O–H groups in total. The average molecular weight is 428 g/mol. The van der Waals surface area contributed by atoms with Gasteiger partial charge in [0.2, 0.25) is 0 Å². The number of nitrogens with zero attached hydrogens (tertiary/aromatic N) is 2. The largest absolute Gasteiger partial charge is 0.435 e. The smallest absolute Gasteiger partial charge is 0.395 e. The Morgan fingerprint density at radius 1 is 1.07 bits per heavy atom. The van der Waals surface area contributed by atoms with Gasteiger partial charge in [-0.2, -0.15) is 18.3 Å². The number of alkyl halides is 3. The number of hydrogen-bond acceptors (Lipinski definition) is 4. The third kappa shape index (κ3) is 4.33. The second-order valence-electron chi connectivity index (χ2n) is 6.32. The Bertz CT molecular complexity index is 1140. The van der Waals surface area contributed by atoms with E-state index in [1.807, 2.05) is 0 Å². The van der Waals surface area contributed by atoms with Crippen LogP contribution in [0.15, 0.2) is 53.4 Å². The molecule has 154 valence electrons. The molecular formula is C19H16F4N2O3S. The maximum absolute atomic E-state index is 13.9. The Hall–Kier alpha value is -2.72. The summed E-state index contributed by atoms with van der Waals surface area (Å²) in [5.74, 6) is -1.06. The van der Waals surface area contributed by atoms with Gasteiger partial charge in [-0.15, -0.1) is 0 Å². The molecule has 1 aromatic heterocycles. The molecule has 3 aromatic rings. The Morgan fingerprint density at radius 3 is 2.28 bits per heavy atom. The van der Waals surface area contributed by atoms with Crippen LogP contribution in [0.4, 0.5) is 17.6 Å². The highest BCUT2D eigenvalue weighted by molar-refractivity contribution is 7.91. The Morgan fingerprint density at radius 2 is 1.72 bits per heavy atom. The van der Waals surface area contributed by atoms with Crippen molar-refractivity contribution >= 4 is 9.84 Å². The van der Waals surface area contributed by atoms with Crippen LogP contribution in [-0.4, -0.2) is 35.7 Å². The Kier molecular flexibility index (Phi) is 5.50. The Labute approximate surface area is 164 Å². The van der Waals surface area contributed by atoms with Crippen LogP contribution in [0.1, 0.15) is 11.3 Å². The van der Waals surface area contributed by atoms with E-state index in [0.717, 1.165) is 16.8 Å². The van der Waals surface area contributed by atoms with E-state index in [9.17, 15) is 26.0 Å². The van der Waals surface area contributed by atoms with Crippen LogP contribution >= 0.6 is 0 Å². The zero-order chi connectivity index (χ0) is 21.4. The van der Waals surface area contributed by atoms with Crippen LogP contribution in [0.3, 0.4) is 0 Å². The van der Waals surface area contributed by atoms with Crippen molar-refractivity contribution < 1.29 is 31.1 Å². The van der Waals surface area contributed by atoms with E-state index in [-0.39, 0.29) is 21.8 Å². The summed E-state index contributed by atoms with van der Waals surface area (Å²) in [5, 5.41) is 12.4. The molecule has 2 aromatic carbocycles. The first-order valence-electron chi connectivity index (χ1n) is 8.41. The molecule has 10 heteroatoms. The Balaban J connectivity index is 2.13. The van der Waals surface area contributed by atoms with E-state index in [1.54, 1.807) is 0 Å². The van der Waals surface area contributed by atoms with Gasteiger partial charge in [-0.05, 0) is 42.8 Å². The van der Waals surface area contributed by atoms with Crippen molar-refractivity contribution in [2.75, 3.05) is 12.4 Å². The average Bonchev–Trinajstić information content (AvgIpc) is 3.10. The van der Waals surface area contributed by atoms with Gasteiger partial charge < -0.3 is 5.11 Å². The number of aliphatic hydroxyl groups is 1. The summed E-state index contributed by atoms with van der Waals surface area (Å²) in [5.41, 5.74) is -0.457. The van der Waals surface area contributed by atoms with E-state index in [0.29, 0.717) is 5.56 Å². The van der Waals surface area contributed by atoms with Crippen LogP contribution in [0.25, 0.3) is 16.9 Å². The monoisotopic (exact) mass is 428 g/mol. The standard InChI is InChI=1S/C19H16F4N2O3S/c1-12-2-5-14(10-16(12)20)25-17(11-18(24-25)19(21,22)23)13-3-6-15(7-4-13)29(27,28)9-8-26/h2-7,10-11,26H,8-9H2,1H3. The maximum Gasteiger partial charge on any atom is 0.435 e. The summed E-state index contributed by atoms with van der Waals surface area (Å²) in [6.45, 7) is 0.973. The third-order valence-corrected chi connectivity index (χ3v) is 5.98. The van der Waals surface area contributed by atoms with Gasteiger partial charge in [0.1, 0.15) is 5.82 Å². The van der Waals surface area contributed by atoms with Crippen molar-refractivity contribution in [3.63, 3.8) is 0 Å². The minimum absolute atomic E-state index is 0.0201. The lowest BCUT2D eigenvalue weighted by Gasteiger charge is -2.10. The van der Waals surface area contributed by atoms with Crippen molar-refractivity contribution in [2.24, 2.45) is 0 Å². The fourth-order valence-electron chi connectivity index (χ4n) is 2.71. The SMILES string of the molecule is Cc1ccc(-n2nc(C(F)(F)F)cc2-c2ccc(S(=O)(=O)CCO)cc2)cc1F. The normalized spacial score (nSPS) is 12.3. The topological polar surface area (TPSA) is 72.2 Å². The summed E-state index contributed by atoms with van der Waals surface area (Å²) >= 11 is 0. The molecule has 5 nitrogen and oxygen atoms in total. The summed E-state index contributed by atoms with van der Waals surface area (Å²) < 4.78 is 78.5. The maximum atomic E-state index is 13.9. The molecule has 0 atom stereocenters. The summed E-state index contributed by atoms with van der Waals surface area (Å²) in [7, 11) is -3.70. The highest BCUT2D eigenvalue weighted by Crippen LogP contribution is 2.33. The fourth-order valence-corrected chi connectivity index (χ4v) is 3.73. The third-order valence-electron chi connectivity index (χ3n) is 4.27. The molecule has 0 saturated heterocycles. The van der Waals surface area contributed by atoms with Gasteiger partial charge in [0.25, 0.3) is 0 Å². The molecule has 0 radical (unpaired) electrons. The summed E-state index contributed by atoms with van der Waals surface area (Å²) in [6.07, 6.45) is -4.71. The molecule has 0 aliphatic carbocycles. The predicted octanol–water partition coefficient (Wildman–Crippen LogP) is 3.77. The number of rotatable bonds is 5. The van der Waals surface area contributed by atoms with E-state index >= 15 is 0 Å². The van der Waals surface area contributed by atoms with Gasteiger partial charge in [-0.25, -0.2) is 17.5 Å². The first-order chi connectivity index (χ1) is 13.5. The second-order valence-corrected chi connectivity index (χ2v) is 8.43. The summed E-state index contributed by atoms with van der Waals surface area (Å²) in [4.78, 5) is -0.0706. The van der Waals surface area contributed by atoms with Crippen LogP contribution in [0, 0.1) is 12.7 Å². The minimum atomic E-state index is -4.71. The van der Waals surface area contributed by atoms with Gasteiger partial charge in [-0.3, -0.25) is 0 Å². The number of aliphatic hydroxyl groups excluding tert-OH is 1. The van der Waals surface area contributed by atoms with E-state index in [1.165, 1.54) is 43.3 Å². The molecule has 0 bridgehead atoms. The zero-order valence-corrected chi connectivity index (χ0v) is 15.9. The number of sulfone groups is 1. The lowest BCUT2D eigenvalue weighted by molar-refractivity contribution is -0.141. The minimum Gasteiger partial charge on any atom is -0.395 e. The molecule has 3 rings (SSSR count). The van der Waals surface area contributed by atoms with Crippen molar-refractivity contribution in [2.45, 2.75) is 18.0 Å². The molecule has 0 spiro atoms. The van der Waals surface area contributed by atoms with Crippen LogP contribution in [0.5, 0.6) is 0 Å². The fraction of sp³-hybridized carbons (Fsp3) is 0.211. The first-order valence-corrected chi connectivity index (χ1v) is 10.1. The number of hydrogen-bond donors (Lipinski definition) is 1. The lowest BCUT2D eigenvalue weighted by atomic mass is 10.1. The van der Waals surface area contributed by atoms with Crippen LogP contribution in [0.2, 0.25) is 0 Å². The van der Waals surface area contributed by atoms with Crippen molar-refractivity contribution in [3.05, 3.63) is 65.6 Å². The number of aromatic nitrogens is 2. The molecule has 0 fully saturated rings. The molecule has 0 unspecified atom stereocenters. The number of benzene rings is 2. The zero-order valence-electron chi connectivity index (χ0n) is 15.1. The first kappa shape index (κ1) is 21.0. The molecule has 0 saturated carbocycles. The quantitative estimate of drug-likeness (QED) is 0.628. The molecule has 29 heavy (non-hydrogen) atoms. The number of halogens is 4. The van der Waals surface area contributed by atoms with Gasteiger partial charge in [-0.1, -0.05) is 18.2 Å². The van der Waals surface area contributed by atoms with E-state index in [4.69, 9.17) is 5.11 Å². The molecule has 1 heterocycles. The molecular weight excluding hydrogens is 412 g/mol. The van der Waals surface area contributed by atoms with Gasteiger partial charge >= 0.3 is 6.18 Å². The van der Waals surface area contributed by atoms with Crippen molar-refractivity contribution in [1.29, 1.82) is 0 Å². The van der Waals surface area contributed by atoms with Crippen LogP contribution in [-0.2, 0) is 16.0 Å². The van der Waals surface area contributed by atoms with E-state index in [2.05, 4.69) is 5.10 Å². The summed E-state index contributed by atoms with van der Waals surface area (Å²) in [6, 6.07) is 9.90. The lowest BCUT2D eigenvalue weighted by Crippen LogP contribution is -2.10. The second kappa shape index (κ2) is 7.60. The highest BCUT2D eigenvalue weighted by Gasteiger charge is 2.35.